The molecule has 1 fully saturated rings. The van der Waals surface area contributed by atoms with Gasteiger partial charge in [0.15, 0.2) is 11.0 Å². The van der Waals surface area contributed by atoms with Gasteiger partial charge >= 0.3 is 6.09 Å². The fourth-order valence-electron chi connectivity index (χ4n) is 3.08. The highest BCUT2D eigenvalue weighted by atomic mass is 35.5. The molecule has 1 atom stereocenters. The second kappa shape index (κ2) is 7.72. The second-order valence-corrected chi connectivity index (χ2v) is 7.79. The molecule has 0 aliphatic carbocycles. The number of rotatable bonds is 2. The first-order chi connectivity index (χ1) is 13.2. The second-order valence-electron chi connectivity index (χ2n) is 7.44. The highest BCUT2D eigenvalue weighted by molar-refractivity contribution is 6.30. The number of halogens is 2. The molecule has 3 heterocycles. The number of ether oxygens (including phenoxy) is 1. The quantitative estimate of drug-likeness (QED) is 0.563. The normalized spacial score (nSPS) is 17.5. The predicted molar refractivity (Wildman–Crippen MR) is 103 cm³/mol. The van der Waals surface area contributed by atoms with Crippen molar-refractivity contribution in [2.45, 2.75) is 32.4 Å². The molecular weight excluding hydrogens is 387 g/mol. The first-order valence-electron chi connectivity index (χ1n) is 8.73. The molecule has 148 valence electrons. The molecule has 1 amide bonds. The lowest BCUT2D eigenvalue weighted by Crippen LogP contribution is -2.57. The van der Waals surface area contributed by atoms with E-state index in [1.54, 1.807) is 25.7 Å². The zero-order valence-corrected chi connectivity index (χ0v) is 16.6. The monoisotopic (exact) mass is 406 g/mol. The van der Waals surface area contributed by atoms with Gasteiger partial charge in [0.25, 0.3) is 0 Å². The third-order valence-electron chi connectivity index (χ3n) is 4.27. The summed E-state index contributed by atoms with van der Waals surface area (Å²) in [4.78, 5) is 31.5. The minimum absolute atomic E-state index is 0.0845. The number of aromatic nitrogens is 3. The van der Waals surface area contributed by atoms with Gasteiger partial charge in [0.05, 0.1) is 5.39 Å². The summed E-state index contributed by atoms with van der Waals surface area (Å²) in [5, 5.41) is 0.175. The molecule has 0 radical (unpaired) electrons. The average molecular weight is 407 g/mol. The van der Waals surface area contributed by atoms with Crippen LogP contribution in [0.5, 0.6) is 0 Å². The number of anilines is 1. The van der Waals surface area contributed by atoms with Crippen LogP contribution in [0, 0.1) is 12.4 Å². The fourth-order valence-corrected chi connectivity index (χ4v) is 3.22. The van der Waals surface area contributed by atoms with E-state index in [2.05, 4.69) is 19.8 Å². The molecule has 2 aromatic rings. The Labute approximate surface area is 167 Å². The van der Waals surface area contributed by atoms with Crippen LogP contribution in [0.15, 0.2) is 12.5 Å². The Balaban J connectivity index is 1.89. The molecule has 0 spiro atoms. The summed E-state index contributed by atoms with van der Waals surface area (Å²) in [6.45, 7) is 13.9. The molecule has 10 heteroatoms. The molecule has 1 saturated heterocycles. The molecule has 0 aromatic carbocycles. The summed E-state index contributed by atoms with van der Waals surface area (Å²) in [6, 6.07) is -0.378. The number of hydrogen-bond donors (Lipinski definition) is 0. The Kier molecular flexibility index (Phi) is 5.52. The lowest BCUT2D eigenvalue weighted by Gasteiger charge is -2.40. The minimum atomic E-state index is -0.701. The summed E-state index contributed by atoms with van der Waals surface area (Å²) in [6.07, 6.45) is 2.24. The van der Waals surface area contributed by atoms with E-state index in [0.29, 0.717) is 30.8 Å². The van der Waals surface area contributed by atoms with Crippen molar-refractivity contribution >= 4 is 34.4 Å². The Morgan fingerprint density at radius 1 is 1.39 bits per heavy atom. The summed E-state index contributed by atoms with van der Waals surface area (Å²) in [5.41, 5.74) is -0.538. The van der Waals surface area contributed by atoms with E-state index in [9.17, 15) is 9.18 Å². The molecule has 0 N–H and O–H groups in total. The van der Waals surface area contributed by atoms with Gasteiger partial charge in [-0.25, -0.2) is 30.7 Å². The largest absolute Gasteiger partial charge is 0.444 e. The number of pyridine rings is 1. The lowest BCUT2D eigenvalue weighted by molar-refractivity contribution is 0.0156. The van der Waals surface area contributed by atoms with Crippen molar-refractivity contribution in [2.24, 2.45) is 0 Å². The van der Waals surface area contributed by atoms with Crippen LogP contribution in [0.4, 0.5) is 15.0 Å². The molecule has 0 unspecified atom stereocenters. The summed E-state index contributed by atoms with van der Waals surface area (Å²) in [5.74, 6) is -0.209. The van der Waals surface area contributed by atoms with E-state index in [1.807, 2.05) is 4.90 Å². The molecule has 2 aromatic heterocycles. The Morgan fingerprint density at radius 2 is 2.14 bits per heavy atom. The van der Waals surface area contributed by atoms with Gasteiger partial charge in [-0.05, 0) is 20.8 Å². The molecule has 3 rings (SSSR count). The Hall–Kier alpha value is -2.73. The molecule has 0 bridgehead atoms. The molecule has 1 aliphatic heterocycles. The zero-order valence-electron chi connectivity index (χ0n) is 15.8. The van der Waals surface area contributed by atoms with Gasteiger partial charge in [0.2, 0.25) is 6.54 Å². The first kappa shape index (κ1) is 20.0. The number of carbonyl (C=O) groups is 1. The van der Waals surface area contributed by atoms with Gasteiger partial charge in [-0.3, -0.25) is 4.90 Å². The van der Waals surface area contributed by atoms with Crippen molar-refractivity contribution in [1.29, 1.82) is 0 Å². The van der Waals surface area contributed by atoms with Gasteiger partial charge in [0.1, 0.15) is 29.3 Å². The highest BCUT2D eigenvalue weighted by Gasteiger charge is 2.36. The van der Waals surface area contributed by atoms with Crippen molar-refractivity contribution in [3.8, 4) is 0 Å². The summed E-state index contributed by atoms with van der Waals surface area (Å²) in [7, 11) is 0. The Bertz CT molecular complexity index is 942. The lowest BCUT2D eigenvalue weighted by atomic mass is 10.1. The summed E-state index contributed by atoms with van der Waals surface area (Å²) >= 11 is 5.75. The van der Waals surface area contributed by atoms with Crippen LogP contribution in [-0.2, 0) is 4.74 Å². The van der Waals surface area contributed by atoms with Crippen molar-refractivity contribution in [3.05, 3.63) is 34.9 Å². The van der Waals surface area contributed by atoms with Crippen LogP contribution >= 0.6 is 11.6 Å². The van der Waals surface area contributed by atoms with E-state index in [4.69, 9.17) is 22.9 Å². The van der Waals surface area contributed by atoms with Gasteiger partial charge < -0.3 is 14.5 Å². The maximum atomic E-state index is 14.3. The topological polar surface area (TPSA) is 75.8 Å². The minimum Gasteiger partial charge on any atom is -0.444 e. The number of nitrogens with zero attached hydrogens (tertiary/aromatic N) is 6. The van der Waals surface area contributed by atoms with E-state index in [-0.39, 0.29) is 23.3 Å². The van der Waals surface area contributed by atoms with Gasteiger partial charge in [-0.2, -0.15) is 0 Å². The number of amides is 1. The number of piperazine rings is 1. The maximum Gasteiger partial charge on any atom is 0.410 e. The average Bonchev–Trinajstić information content (AvgIpc) is 2.63. The predicted octanol–water partition coefficient (Wildman–Crippen LogP) is 3.16. The van der Waals surface area contributed by atoms with E-state index >= 15 is 0 Å². The van der Waals surface area contributed by atoms with Gasteiger partial charge in [0, 0.05) is 25.8 Å². The molecule has 0 saturated carbocycles. The van der Waals surface area contributed by atoms with Crippen LogP contribution in [0.1, 0.15) is 20.8 Å². The molecule has 28 heavy (non-hydrogen) atoms. The Morgan fingerprint density at radius 3 is 2.82 bits per heavy atom. The van der Waals surface area contributed by atoms with Gasteiger partial charge in [-0.1, -0.05) is 11.6 Å². The zero-order chi connectivity index (χ0) is 20.5. The standard InChI is InChI=1S/C18H20ClFN6O2/c1-18(2,3)28-17(27)26-6-5-25(9-11(26)7-21-4)16-12-8-22-15(19)13(20)14(12)23-10-24-16/h8,10-11H,5-7,9H2,1-3H3/t11-/m0/s1. The molecule has 1 aliphatic rings. The molecular formula is C18H20ClFN6O2. The van der Waals surface area contributed by atoms with Crippen LogP contribution in [-0.4, -0.2) is 63.8 Å². The number of fused-ring (bicyclic) bond motifs is 1. The number of hydrogen-bond acceptors (Lipinski definition) is 6. The van der Waals surface area contributed by atoms with E-state index < -0.39 is 17.5 Å². The van der Waals surface area contributed by atoms with E-state index in [1.165, 1.54) is 12.5 Å². The highest BCUT2D eigenvalue weighted by Crippen LogP contribution is 2.28. The maximum absolute atomic E-state index is 14.3. The van der Waals surface area contributed by atoms with Gasteiger partial charge in [-0.15, -0.1) is 0 Å². The number of carbonyl (C=O) groups excluding carboxylic acids is 1. The molecule has 8 nitrogen and oxygen atoms in total. The van der Waals surface area contributed by atoms with Crippen molar-refractivity contribution in [2.75, 3.05) is 31.1 Å². The summed E-state index contributed by atoms with van der Waals surface area (Å²) < 4.78 is 19.7. The van der Waals surface area contributed by atoms with Crippen molar-refractivity contribution in [3.63, 3.8) is 0 Å². The first-order valence-corrected chi connectivity index (χ1v) is 9.11. The third kappa shape index (κ3) is 4.07. The van der Waals surface area contributed by atoms with Crippen LogP contribution < -0.4 is 4.90 Å². The van der Waals surface area contributed by atoms with Crippen molar-refractivity contribution in [1.82, 2.24) is 19.9 Å². The van der Waals surface area contributed by atoms with Crippen LogP contribution in [0.3, 0.4) is 0 Å². The van der Waals surface area contributed by atoms with E-state index in [0.717, 1.165) is 0 Å². The fraction of sp³-hybridized carbons (Fsp3) is 0.500. The van der Waals surface area contributed by atoms with Crippen LogP contribution in [0.25, 0.3) is 15.7 Å². The van der Waals surface area contributed by atoms with Crippen molar-refractivity contribution < 1.29 is 13.9 Å². The van der Waals surface area contributed by atoms with Crippen LogP contribution in [0.2, 0.25) is 5.15 Å². The third-order valence-corrected chi connectivity index (χ3v) is 4.53. The SMILES string of the molecule is [C-]#[N+]C[C@H]1CN(c2ncnc3c(F)c(Cl)ncc23)CCN1C(=O)OC(C)(C)C. The smallest absolute Gasteiger partial charge is 0.410 e.